The Balaban J connectivity index is 1.47. The highest BCUT2D eigenvalue weighted by Crippen LogP contribution is 2.66. The van der Waals surface area contributed by atoms with E-state index < -0.39 is 0 Å². The molecule has 3 unspecified atom stereocenters. The van der Waals surface area contributed by atoms with Gasteiger partial charge < -0.3 is 4.90 Å². The Kier molecular flexibility index (Phi) is 5.96. The average molecular weight is 483 g/mol. The minimum Gasteiger partial charge on any atom is -0.351 e. The van der Waals surface area contributed by atoms with Gasteiger partial charge in [-0.3, -0.25) is 4.90 Å². The Morgan fingerprint density at radius 2 is 1.28 bits per heavy atom. The first-order valence-corrected chi connectivity index (χ1v) is 15.4. The molecule has 5 aliphatic rings. The third kappa shape index (κ3) is 3.25. The van der Waals surface area contributed by atoms with Crippen molar-refractivity contribution in [3.05, 3.63) is 65.2 Å². The molecular formula is C34H46N2. The number of nitrogens with zero attached hydrogens (tertiary/aromatic N) is 2. The second-order valence-electron chi connectivity index (χ2n) is 13.0. The molecule has 3 aliphatic carbocycles. The highest BCUT2D eigenvalue weighted by atomic mass is 15.5. The van der Waals surface area contributed by atoms with Gasteiger partial charge in [0.15, 0.2) is 0 Å². The molecule has 0 aromatic heterocycles. The lowest BCUT2D eigenvalue weighted by Crippen LogP contribution is -2.58. The van der Waals surface area contributed by atoms with Crippen molar-refractivity contribution in [3.63, 3.8) is 0 Å². The highest BCUT2D eigenvalue weighted by molar-refractivity contribution is 5.59. The summed E-state index contributed by atoms with van der Waals surface area (Å²) in [5.74, 6) is 2.42. The van der Waals surface area contributed by atoms with Crippen LogP contribution in [0.25, 0.3) is 0 Å². The minimum absolute atomic E-state index is 0.233. The molecular weight excluding hydrogens is 436 g/mol. The lowest BCUT2D eigenvalue weighted by molar-refractivity contribution is -0.0641. The largest absolute Gasteiger partial charge is 0.351 e. The monoisotopic (exact) mass is 482 g/mol. The van der Waals surface area contributed by atoms with Gasteiger partial charge in [-0.2, -0.15) is 0 Å². The Hall–Kier alpha value is -1.80. The van der Waals surface area contributed by atoms with Crippen molar-refractivity contribution in [1.29, 1.82) is 0 Å². The van der Waals surface area contributed by atoms with E-state index in [0.29, 0.717) is 18.2 Å². The standard InChI is InChI=1S/C34H46N2/c1-24-14-6-13-23-31(24)35-25(2)32-29-21-11-12-22-30(29)34(28-19-9-10-20-28,27-17-4-3-5-18-27)36(32)33(35)26-15-7-8-16-26/h6,11-14,21-23,25-28,32-33H,3-5,7-10,15-20H2,1-2H3/t25-,32?,33?,34?/m0/s1. The molecule has 192 valence electrons. The van der Waals surface area contributed by atoms with Crippen molar-refractivity contribution in [1.82, 2.24) is 4.90 Å². The first kappa shape index (κ1) is 23.3. The second kappa shape index (κ2) is 9.19. The summed E-state index contributed by atoms with van der Waals surface area (Å²) < 4.78 is 0. The summed E-state index contributed by atoms with van der Waals surface area (Å²) in [6.07, 6.45) is 19.1. The van der Waals surface area contributed by atoms with E-state index in [2.05, 4.69) is 72.2 Å². The van der Waals surface area contributed by atoms with Crippen LogP contribution in [-0.4, -0.2) is 17.1 Å². The predicted molar refractivity (Wildman–Crippen MR) is 150 cm³/mol. The quantitative estimate of drug-likeness (QED) is 0.430. The maximum absolute atomic E-state index is 3.25. The minimum atomic E-state index is 0.233. The lowest BCUT2D eigenvalue weighted by atomic mass is 9.63. The Labute approximate surface area is 219 Å². The summed E-state index contributed by atoms with van der Waals surface area (Å²) in [6, 6.07) is 20.2. The molecule has 4 atom stereocenters. The fourth-order valence-corrected chi connectivity index (χ4v) is 10.1. The molecule has 0 N–H and O–H groups in total. The van der Waals surface area contributed by atoms with Crippen LogP contribution in [0.5, 0.6) is 0 Å². The fourth-order valence-electron chi connectivity index (χ4n) is 10.1. The second-order valence-corrected chi connectivity index (χ2v) is 13.0. The summed E-state index contributed by atoms with van der Waals surface area (Å²) >= 11 is 0. The summed E-state index contributed by atoms with van der Waals surface area (Å²) in [7, 11) is 0. The average Bonchev–Trinajstić information content (AvgIpc) is 3.71. The highest BCUT2D eigenvalue weighted by Gasteiger charge is 2.66. The molecule has 1 saturated heterocycles. The van der Waals surface area contributed by atoms with Crippen LogP contribution < -0.4 is 4.90 Å². The van der Waals surface area contributed by atoms with Gasteiger partial charge >= 0.3 is 0 Å². The number of anilines is 1. The van der Waals surface area contributed by atoms with Crippen LogP contribution in [0.15, 0.2) is 48.5 Å². The molecule has 0 radical (unpaired) electrons. The van der Waals surface area contributed by atoms with E-state index >= 15 is 0 Å². The molecule has 3 saturated carbocycles. The number of hydrogen-bond donors (Lipinski definition) is 0. The van der Waals surface area contributed by atoms with Gasteiger partial charge in [-0.05, 0) is 92.9 Å². The number of rotatable bonds is 4. The van der Waals surface area contributed by atoms with Gasteiger partial charge in [0.1, 0.15) is 0 Å². The molecule has 0 bridgehead atoms. The van der Waals surface area contributed by atoms with Gasteiger partial charge in [0.25, 0.3) is 0 Å². The zero-order chi connectivity index (χ0) is 24.3. The molecule has 0 spiro atoms. The Bertz CT molecular complexity index is 1070. The van der Waals surface area contributed by atoms with Gasteiger partial charge in [-0.15, -0.1) is 0 Å². The fraction of sp³-hybridized carbons (Fsp3) is 0.647. The number of para-hydroxylation sites is 1. The SMILES string of the molecule is Cc1ccccc1N1C(C2CCCC2)N2C(c3ccccc3C2(C2CCCCC2)C2CCCC2)[C@@H]1C. The van der Waals surface area contributed by atoms with Crippen molar-refractivity contribution in [2.24, 2.45) is 17.8 Å². The van der Waals surface area contributed by atoms with Gasteiger partial charge in [0, 0.05) is 11.7 Å². The van der Waals surface area contributed by atoms with E-state index in [0.717, 1.165) is 17.8 Å². The molecule has 2 aromatic carbocycles. The van der Waals surface area contributed by atoms with Crippen LogP contribution in [0.2, 0.25) is 0 Å². The zero-order valence-corrected chi connectivity index (χ0v) is 22.7. The van der Waals surface area contributed by atoms with Crippen molar-refractivity contribution < 1.29 is 0 Å². The van der Waals surface area contributed by atoms with Crippen LogP contribution >= 0.6 is 0 Å². The Morgan fingerprint density at radius 3 is 1.97 bits per heavy atom. The molecule has 4 fully saturated rings. The van der Waals surface area contributed by atoms with E-state index in [-0.39, 0.29) is 5.54 Å². The van der Waals surface area contributed by atoms with Gasteiger partial charge in [-0.1, -0.05) is 87.4 Å². The van der Waals surface area contributed by atoms with E-state index in [1.807, 2.05) is 0 Å². The van der Waals surface area contributed by atoms with Crippen molar-refractivity contribution in [2.75, 3.05) is 4.90 Å². The number of fused-ring (bicyclic) bond motifs is 3. The molecule has 7 rings (SSSR count). The number of benzene rings is 2. The molecule has 36 heavy (non-hydrogen) atoms. The first-order chi connectivity index (χ1) is 17.7. The van der Waals surface area contributed by atoms with Gasteiger partial charge in [-0.25, -0.2) is 0 Å². The summed E-state index contributed by atoms with van der Waals surface area (Å²) in [4.78, 5) is 6.19. The topological polar surface area (TPSA) is 6.48 Å². The third-order valence-electron chi connectivity index (χ3n) is 11.3. The van der Waals surface area contributed by atoms with Crippen LogP contribution in [0.1, 0.15) is 113 Å². The molecule has 2 aliphatic heterocycles. The lowest BCUT2D eigenvalue weighted by Gasteiger charge is -2.54. The van der Waals surface area contributed by atoms with Crippen molar-refractivity contribution >= 4 is 5.69 Å². The van der Waals surface area contributed by atoms with Gasteiger partial charge in [0.05, 0.1) is 17.7 Å². The van der Waals surface area contributed by atoms with Crippen LogP contribution in [0.4, 0.5) is 5.69 Å². The van der Waals surface area contributed by atoms with E-state index in [4.69, 9.17) is 0 Å². The number of hydrogen-bond acceptors (Lipinski definition) is 2. The summed E-state index contributed by atoms with van der Waals surface area (Å²) in [5.41, 5.74) is 6.62. The predicted octanol–water partition coefficient (Wildman–Crippen LogP) is 8.74. The zero-order valence-electron chi connectivity index (χ0n) is 22.7. The van der Waals surface area contributed by atoms with E-state index in [9.17, 15) is 0 Å². The summed E-state index contributed by atoms with van der Waals surface area (Å²) in [5, 5.41) is 0. The molecule has 2 heterocycles. The van der Waals surface area contributed by atoms with Crippen molar-refractivity contribution in [2.45, 2.75) is 121 Å². The normalized spacial score (nSPS) is 33.9. The van der Waals surface area contributed by atoms with Crippen LogP contribution in [-0.2, 0) is 5.54 Å². The maximum atomic E-state index is 3.25. The van der Waals surface area contributed by atoms with Crippen molar-refractivity contribution in [3.8, 4) is 0 Å². The molecule has 2 heteroatoms. The van der Waals surface area contributed by atoms with Crippen LogP contribution in [0, 0.1) is 24.7 Å². The van der Waals surface area contributed by atoms with E-state index in [1.54, 1.807) is 11.1 Å². The van der Waals surface area contributed by atoms with E-state index in [1.165, 1.54) is 94.7 Å². The van der Waals surface area contributed by atoms with Crippen LogP contribution in [0.3, 0.4) is 0 Å². The van der Waals surface area contributed by atoms with Gasteiger partial charge in [0.2, 0.25) is 0 Å². The smallest absolute Gasteiger partial charge is 0.0866 e. The number of aryl methyl sites for hydroxylation is 1. The third-order valence-corrected chi connectivity index (χ3v) is 11.3. The maximum Gasteiger partial charge on any atom is 0.0866 e. The first-order valence-electron chi connectivity index (χ1n) is 15.4. The molecule has 2 aromatic rings. The summed E-state index contributed by atoms with van der Waals surface area (Å²) in [6.45, 7) is 4.91. The molecule has 0 amide bonds. The Morgan fingerprint density at radius 1 is 0.694 bits per heavy atom. The molecule has 2 nitrogen and oxygen atoms in total.